The average molecular weight is 436 g/mol. The highest BCUT2D eigenvalue weighted by Crippen LogP contribution is 2.64. The number of aliphatic hydroxyl groups is 1. The van der Waals surface area contributed by atoms with Crippen LogP contribution in [0.25, 0.3) is 10.9 Å². The fraction of sp³-hybridized carbons (Fsp3) is 0.741. The van der Waals surface area contributed by atoms with Crippen molar-refractivity contribution in [1.29, 1.82) is 0 Å². The van der Waals surface area contributed by atoms with Gasteiger partial charge in [-0.3, -0.25) is 14.5 Å². The van der Waals surface area contributed by atoms with Crippen LogP contribution in [0.5, 0.6) is 0 Å². The van der Waals surface area contributed by atoms with Gasteiger partial charge in [0.15, 0.2) is 5.78 Å². The van der Waals surface area contributed by atoms with Gasteiger partial charge in [-0.15, -0.1) is 0 Å². The van der Waals surface area contributed by atoms with Crippen molar-refractivity contribution in [3.8, 4) is 0 Å². The first-order valence-corrected chi connectivity index (χ1v) is 12.9. The van der Waals surface area contributed by atoms with Crippen LogP contribution >= 0.6 is 0 Å². The number of hydrogen-bond donors (Lipinski definition) is 1. The molecular weight excluding hydrogens is 398 g/mol. The molecule has 4 fully saturated rings. The van der Waals surface area contributed by atoms with Crippen LogP contribution in [0.2, 0.25) is 0 Å². The van der Waals surface area contributed by atoms with Crippen molar-refractivity contribution in [1.82, 2.24) is 14.8 Å². The van der Waals surface area contributed by atoms with Crippen LogP contribution in [0, 0.1) is 40.9 Å². The van der Waals surface area contributed by atoms with E-state index in [1.165, 1.54) is 38.5 Å². The summed E-state index contributed by atoms with van der Waals surface area (Å²) < 4.78 is 1.85. The average Bonchev–Trinajstić information content (AvgIpc) is 3.33. The fourth-order valence-electron chi connectivity index (χ4n) is 8.91. The monoisotopic (exact) mass is 435 g/mol. The normalized spacial score (nSPS) is 43.5. The number of carbonyl (C=O) groups is 1. The second kappa shape index (κ2) is 7.38. The number of carbonyl (C=O) groups excluding carboxylic acids is 1. The summed E-state index contributed by atoms with van der Waals surface area (Å²) in [5.74, 6) is 4.33. The largest absolute Gasteiger partial charge is 0.390 e. The molecule has 0 aliphatic heterocycles. The van der Waals surface area contributed by atoms with Gasteiger partial charge in [0.25, 0.3) is 0 Å². The summed E-state index contributed by atoms with van der Waals surface area (Å²) in [7, 11) is 0. The molecule has 0 radical (unpaired) electrons. The third-order valence-electron chi connectivity index (χ3n) is 10.4. The van der Waals surface area contributed by atoms with Crippen LogP contribution in [0.15, 0.2) is 24.7 Å². The van der Waals surface area contributed by atoms with Gasteiger partial charge in [-0.1, -0.05) is 6.92 Å². The minimum Gasteiger partial charge on any atom is -0.390 e. The zero-order valence-corrected chi connectivity index (χ0v) is 19.5. The Labute approximate surface area is 191 Å². The van der Waals surface area contributed by atoms with Gasteiger partial charge in [0.05, 0.1) is 23.5 Å². The van der Waals surface area contributed by atoms with E-state index in [1.54, 1.807) is 6.20 Å². The Bertz CT molecular complexity index is 1030. The van der Waals surface area contributed by atoms with Gasteiger partial charge in [0, 0.05) is 17.5 Å². The maximum Gasteiger partial charge on any atom is 0.157 e. The van der Waals surface area contributed by atoms with Crippen LogP contribution in [-0.4, -0.2) is 31.3 Å². The van der Waals surface area contributed by atoms with Crippen molar-refractivity contribution < 1.29 is 9.90 Å². The Morgan fingerprint density at radius 3 is 2.78 bits per heavy atom. The first-order chi connectivity index (χ1) is 15.4. The third kappa shape index (κ3) is 3.18. The summed E-state index contributed by atoms with van der Waals surface area (Å²) >= 11 is 0. The van der Waals surface area contributed by atoms with Crippen molar-refractivity contribution in [3.63, 3.8) is 0 Å². The molecule has 4 saturated carbocycles. The van der Waals surface area contributed by atoms with Gasteiger partial charge < -0.3 is 5.11 Å². The van der Waals surface area contributed by atoms with E-state index < -0.39 is 5.60 Å². The highest BCUT2D eigenvalue weighted by Gasteiger charge is 2.58. The Hall–Kier alpha value is -1.75. The fourth-order valence-corrected chi connectivity index (χ4v) is 8.91. The van der Waals surface area contributed by atoms with Crippen molar-refractivity contribution in [2.45, 2.75) is 83.8 Å². The quantitative estimate of drug-likeness (QED) is 0.735. The van der Waals surface area contributed by atoms with Gasteiger partial charge >= 0.3 is 0 Å². The summed E-state index contributed by atoms with van der Waals surface area (Å²) in [5.41, 5.74) is 0.650. The molecule has 172 valence electrons. The van der Waals surface area contributed by atoms with Crippen molar-refractivity contribution in [3.05, 3.63) is 24.7 Å². The molecule has 4 aliphatic rings. The van der Waals surface area contributed by atoms with Gasteiger partial charge in [-0.25, -0.2) is 0 Å². The standard InChI is InChI=1S/C27H37N3O2/c1-26(32)10-7-19-17(13-26)3-4-21-20(19)8-11-27(2)22(21)5-6-23(27)25(31)16-30-24-15-28-12-9-18(24)14-29-30/h9,12,14-15,17,19-23,32H,3-8,10-11,13,16H2,1-2H3/t17-,19+,20-,21-,22+,23-,26-,27+/m1/s1. The lowest BCUT2D eigenvalue weighted by Gasteiger charge is -2.56. The number of pyridine rings is 1. The lowest BCUT2D eigenvalue weighted by molar-refractivity contribution is -0.133. The van der Waals surface area contributed by atoms with Gasteiger partial charge in [0.1, 0.15) is 6.54 Å². The molecule has 0 unspecified atom stereocenters. The second-order valence-electron chi connectivity index (χ2n) is 12.1. The minimum atomic E-state index is -0.450. The molecule has 0 bridgehead atoms. The molecule has 0 saturated heterocycles. The van der Waals surface area contributed by atoms with E-state index in [0.717, 1.165) is 47.9 Å². The molecule has 5 nitrogen and oxygen atoms in total. The molecule has 1 N–H and O–H groups in total. The molecule has 32 heavy (non-hydrogen) atoms. The van der Waals surface area contributed by atoms with Crippen molar-refractivity contribution in [2.24, 2.45) is 40.9 Å². The van der Waals surface area contributed by atoms with Crippen LogP contribution < -0.4 is 0 Å². The van der Waals surface area contributed by atoms with Crippen molar-refractivity contribution in [2.75, 3.05) is 0 Å². The Morgan fingerprint density at radius 1 is 1.06 bits per heavy atom. The van der Waals surface area contributed by atoms with E-state index >= 15 is 0 Å². The SMILES string of the molecule is C[C@@]1(O)CC[C@H]2[C@H](CC[C@@H]3[C@@H]2CC[C@]2(C)[C@@H](C(=O)Cn4ncc5ccncc54)CC[C@@H]32)C1. The van der Waals surface area contributed by atoms with Crippen LogP contribution in [0.1, 0.15) is 71.6 Å². The van der Waals surface area contributed by atoms with Gasteiger partial charge in [-0.2, -0.15) is 5.10 Å². The Morgan fingerprint density at radius 2 is 1.91 bits per heavy atom. The molecule has 2 heterocycles. The molecule has 0 aromatic carbocycles. The van der Waals surface area contributed by atoms with E-state index in [4.69, 9.17) is 0 Å². The highest BCUT2D eigenvalue weighted by atomic mass is 16.3. The Kier molecular flexibility index (Phi) is 4.80. The third-order valence-corrected chi connectivity index (χ3v) is 10.4. The summed E-state index contributed by atoms with van der Waals surface area (Å²) in [6.45, 7) is 4.85. The summed E-state index contributed by atoms with van der Waals surface area (Å²) in [6.07, 6.45) is 15.9. The van der Waals surface area contributed by atoms with Crippen LogP contribution in [-0.2, 0) is 11.3 Å². The summed E-state index contributed by atoms with van der Waals surface area (Å²) in [6, 6.07) is 1.96. The number of aromatic nitrogens is 3. The van der Waals surface area contributed by atoms with E-state index in [9.17, 15) is 9.90 Å². The molecule has 2 aromatic rings. The topological polar surface area (TPSA) is 68.0 Å². The van der Waals surface area contributed by atoms with Gasteiger partial charge in [-0.05, 0) is 106 Å². The predicted molar refractivity (Wildman–Crippen MR) is 124 cm³/mol. The highest BCUT2D eigenvalue weighted by molar-refractivity contribution is 5.84. The lowest BCUT2D eigenvalue weighted by atomic mass is 9.49. The number of nitrogens with zero attached hydrogens (tertiary/aromatic N) is 3. The summed E-state index contributed by atoms with van der Waals surface area (Å²) in [4.78, 5) is 17.8. The molecule has 8 atom stereocenters. The zero-order chi connectivity index (χ0) is 22.1. The zero-order valence-electron chi connectivity index (χ0n) is 19.5. The van der Waals surface area contributed by atoms with E-state index in [-0.39, 0.29) is 11.3 Å². The number of ketones is 1. The summed E-state index contributed by atoms with van der Waals surface area (Å²) in [5, 5.41) is 16.2. The first kappa shape index (κ1) is 20.8. The smallest absolute Gasteiger partial charge is 0.157 e. The number of hydrogen-bond acceptors (Lipinski definition) is 4. The maximum absolute atomic E-state index is 13.6. The van der Waals surface area contributed by atoms with Crippen molar-refractivity contribution >= 4 is 16.7 Å². The van der Waals surface area contributed by atoms with E-state index in [2.05, 4.69) is 17.0 Å². The molecule has 2 aromatic heterocycles. The second-order valence-corrected chi connectivity index (χ2v) is 12.1. The maximum atomic E-state index is 13.6. The van der Waals surface area contributed by atoms with Gasteiger partial charge in [0.2, 0.25) is 0 Å². The lowest BCUT2D eigenvalue weighted by Crippen LogP contribution is -2.51. The molecule has 6 rings (SSSR count). The number of rotatable bonds is 3. The molecule has 5 heteroatoms. The molecular formula is C27H37N3O2. The molecule has 0 spiro atoms. The van der Waals surface area contributed by atoms with E-state index in [1.807, 2.05) is 30.1 Å². The number of fused-ring (bicyclic) bond motifs is 6. The molecule has 4 aliphatic carbocycles. The minimum absolute atomic E-state index is 0.145. The first-order valence-electron chi connectivity index (χ1n) is 12.9. The van der Waals surface area contributed by atoms with E-state index in [0.29, 0.717) is 24.2 Å². The van der Waals surface area contributed by atoms with Crippen LogP contribution in [0.3, 0.4) is 0 Å². The predicted octanol–water partition coefficient (Wildman–Crippen LogP) is 5.02. The molecule has 0 amide bonds. The Balaban J connectivity index is 1.20. The number of Topliss-reactive ketones (excluding diaryl/α,β-unsaturated/α-hetero) is 1. The van der Waals surface area contributed by atoms with Crippen LogP contribution in [0.4, 0.5) is 0 Å².